The first kappa shape index (κ1) is 13.0. The van der Waals surface area contributed by atoms with Crippen LogP contribution < -0.4 is 5.32 Å². The molecule has 1 N–H and O–H groups in total. The third-order valence-corrected chi connectivity index (χ3v) is 2.46. The van der Waals surface area contributed by atoms with Crippen LogP contribution in [0.1, 0.15) is 26.2 Å². The minimum absolute atomic E-state index is 0.0115. The fraction of sp³-hybridized carbons (Fsp3) is 0.818. The molecule has 1 aliphatic rings. The zero-order valence-electron chi connectivity index (χ0n) is 9.66. The smallest absolute Gasteiger partial charge is 0.305 e. The van der Waals surface area contributed by atoms with Crippen LogP contribution in [0.5, 0.6) is 0 Å². The van der Waals surface area contributed by atoms with Crippen molar-refractivity contribution in [1.29, 1.82) is 0 Å². The maximum atomic E-state index is 11.5. The van der Waals surface area contributed by atoms with Gasteiger partial charge in [0.15, 0.2) is 0 Å². The van der Waals surface area contributed by atoms with Crippen molar-refractivity contribution in [1.82, 2.24) is 5.32 Å². The van der Waals surface area contributed by atoms with Gasteiger partial charge >= 0.3 is 5.97 Å². The number of nitrogens with one attached hydrogen (secondary N) is 1. The maximum Gasteiger partial charge on any atom is 0.305 e. The molecule has 0 aromatic rings. The summed E-state index contributed by atoms with van der Waals surface area (Å²) < 4.78 is 9.90. The number of hydrogen-bond donors (Lipinski definition) is 1. The van der Waals surface area contributed by atoms with E-state index in [9.17, 15) is 9.59 Å². The summed E-state index contributed by atoms with van der Waals surface area (Å²) in [5, 5.41) is 2.80. The molecule has 1 heterocycles. The quantitative estimate of drug-likeness (QED) is 0.531. The first-order chi connectivity index (χ1) is 7.74. The molecular formula is C11H19NO4. The van der Waals surface area contributed by atoms with Crippen LogP contribution in [-0.2, 0) is 19.1 Å². The van der Waals surface area contributed by atoms with Crippen molar-refractivity contribution in [2.24, 2.45) is 5.92 Å². The highest BCUT2D eigenvalue weighted by Crippen LogP contribution is 2.11. The first-order valence-corrected chi connectivity index (χ1v) is 5.75. The van der Waals surface area contributed by atoms with Crippen LogP contribution in [0.15, 0.2) is 0 Å². The maximum absolute atomic E-state index is 11.5. The van der Waals surface area contributed by atoms with Crippen LogP contribution in [0.4, 0.5) is 0 Å². The summed E-state index contributed by atoms with van der Waals surface area (Å²) in [4.78, 5) is 22.5. The van der Waals surface area contributed by atoms with Crippen LogP contribution in [0.2, 0.25) is 0 Å². The first-order valence-electron chi connectivity index (χ1n) is 5.75. The Hall–Kier alpha value is -1.10. The van der Waals surface area contributed by atoms with E-state index in [0.717, 1.165) is 6.42 Å². The summed E-state index contributed by atoms with van der Waals surface area (Å²) in [5.74, 6) is -0.190. The molecule has 0 spiro atoms. The van der Waals surface area contributed by atoms with Gasteiger partial charge in [0.2, 0.25) is 5.91 Å². The molecule has 1 atom stereocenters. The molecule has 0 aliphatic carbocycles. The Morgan fingerprint density at radius 2 is 2.31 bits per heavy atom. The topological polar surface area (TPSA) is 64.6 Å². The Labute approximate surface area is 95.5 Å². The van der Waals surface area contributed by atoms with Crippen molar-refractivity contribution in [3.8, 4) is 0 Å². The SMILES string of the molecule is CCOC(=O)CCCNC(=O)C1CCOC1. The molecule has 1 unspecified atom stereocenters. The monoisotopic (exact) mass is 229 g/mol. The summed E-state index contributed by atoms with van der Waals surface area (Å²) in [7, 11) is 0. The van der Waals surface area contributed by atoms with Gasteiger partial charge < -0.3 is 14.8 Å². The second-order valence-corrected chi connectivity index (χ2v) is 3.76. The van der Waals surface area contributed by atoms with Gasteiger partial charge in [-0.2, -0.15) is 0 Å². The fourth-order valence-electron chi connectivity index (χ4n) is 1.56. The van der Waals surface area contributed by atoms with Gasteiger partial charge in [-0.05, 0) is 19.8 Å². The lowest BCUT2D eigenvalue weighted by Gasteiger charge is -2.08. The molecule has 1 aliphatic heterocycles. The third-order valence-electron chi connectivity index (χ3n) is 2.46. The Morgan fingerprint density at radius 1 is 1.50 bits per heavy atom. The summed E-state index contributed by atoms with van der Waals surface area (Å²) in [6, 6.07) is 0. The molecule has 92 valence electrons. The number of esters is 1. The minimum Gasteiger partial charge on any atom is -0.466 e. The number of hydrogen-bond acceptors (Lipinski definition) is 4. The molecule has 5 heteroatoms. The van der Waals surface area contributed by atoms with E-state index >= 15 is 0 Å². The Kier molecular flexibility index (Phi) is 5.85. The van der Waals surface area contributed by atoms with Crippen molar-refractivity contribution < 1.29 is 19.1 Å². The second-order valence-electron chi connectivity index (χ2n) is 3.76. The van der Waals surface area contributed by atoms with Crippen LogP contribution >= 0.6 is 0 Å². The Morgan fingerprint density at radius 3 is 2.94 bits per heavy atom. The van der Waals surface area contributed by atoms with Gasteiger partial charge in [0, 0.05) is 19.6 Å². The zero-order valence-corrected chi connectivity index (χ0v) is 9.66. The fourth-order valence-corrected chi connectivity index (χ4v) is 1.56. The van der Waals surface area contributed by atoms with Gasteiger partial charge in [-0.15, -0.1) is 0 Å². The van der Waals surface area contributed by atoms with E-state index in [1.54, 1.807) is 6.92 Å². The van der Waals surface area contributed by atoms with E-state index in [0.29, 0.717) is 39.2 Å². The molecule has 5 nitrogen and oxygen atoms in total. The van der Waals surface area contributed by atoms with Gasteiger partial charge in [-0.1, -0.05) is 0 Å². The molecule has 0 aromatic carbocycles. The summed E-state index contributed by atoms with van der Waals surface area (Å²) >= 11 is 0. The van der Waals surface area contributed by atoms with E-state index < -0.39 is 0 Å². The predicted molar refractivity (Wildman–Crippen MR) is 57.8 cm³/mol. The molecule has 0 radical (unpaired) electrons. The van der Waals surface area contributed by atoms with Gasteiger partial charge in [0.05, 0.1) is 19.1 Å². The van der Waals surface area contributed by atoms with Gasteiger partial charge in [-0.25, -0.2) is 0 Å². The van der Waals surface area contributed by atoms with Crippen LogP contribution in [-0.4, -0.2) is 38.2 Å². The number of rotatable bonds is 6. The number of carbonyl (C=O) groups is 2. The third kappa shape index (κ3) is 4.61. The normalized spacial score (nSPS) is 19.4. The Bertz CT molecular complexity index is 236. The Balaban J connectivity index is 2.02. The number of carbonyl (C=O) groups excluding carboxylic acids is 2. The molecule has 1 rings (SSSR count). The minimum atomic E-state index is -0.207. The van der Waals surface area contributed by atoms with Gasteiger partial charge in [-0.3, -0.25) is 9.59 Å². The average molecular weight is 229 g/mol. The summed E-state index contributed by atoms with van der Waals surface area (Å²) in [6.07, 6.45) is 1.77. The molecular weight excluding hydrogens is 210 g/mol. The largest absolute Gasteiger partial charge is 0.466 e. The van der Waals surface area contributed by atoms with E-state index in [-0.39, 0.29) is 17.8 Å². The molecule has 1 amide bonds. The average Bonchev–Trinajstić information content (AvgIpc) is 2.78. The second kappa shape index (κ2) is 7.22. The lowest BCUT2D eigenvalue weighted by molar-refractivity contribution is -0.143. The van der Waals surface area contributed by atoms with Crippen molar-refractivity contribution in [2.75, 3.05) is 26.4 Å². The lowest BCUT2D eigenvalue weighted by atomic mass is 10.1. The van der Waals surface area contributed by atoms with Crippen molar-refractivity contribution in [3.05, 3.63) is 0 Å². The highest BCUT2D eigenvalue weighted by molar-refractivity contribution is 5.79. The van der Waals surface area contributed by atoms with E-state index in [2.05, 4.69) is 5.32 Å². The van der Waals surface area contributed by atoms with Gasteiger partial charge in [0.1, 0.15) is 0 Å². The standard InChI is InChI=1S/C11H19NO4/c1-2-16-10(13)4-3-6-12-11(14)9-5-7-15-8-9/h9H,2-8H2,1H3,(H,12,14). The molecule has 16 heavy (non-hydrogen) atoms. The molecule has 0 bridgehead atoms. The van der Waals surface area contributed by atoms with E-state index in [1.165, 1.54) is 0 Å². The van der Waals surface area contributed by atoms with Crippen LogP contribution in [0, 0.1) is 5.92 Å². The summed E-state index contributed by atoms with van der Waals surface area (Å²) in [6.45, 7) is 3.89. The number of ether oxygens (including phenoxy) is 2. The van der Waals surface area contributed by atoms with Crippen LogP contribution in [0.25, 0.3) is 0 Å². The zero-order chi connectivity index (χ0) is 11.8. The predicted octanol–water partition coefficient (Wildman–Crippen LogP) is 0.482. The van der Waals surface area contributed by atoms with Crippen molar-refractivity contribution in [2.45, 2.75) is 26.2 Å². The molecule has 1 fully saturated rings. The lowest BCUT2D eigenvalue weighted by Crippen LogP contribution is -2.31. The summed E-state index contributed by atoms with van der Waals surface area (Å²) in [5.41, 5.74) is 0. The molecule has 0 saturated carbocycles. The van der Waals surface area contributed by atoms with Crippen molar-refractivity contribution >= 4 is 11.9 Å². The van der Waals surface area contributed by atoms with Crippen molar-refractivity contribution in [3.63, 3.8) is 0 Å². The van der Waals surface area contributed by atoms with Gasteiger partial charge in [0.25, 0.3) is 0 Å². The highest BCUT2D eigenvalue weighted by atomic mass is 16.5. The van der Waals surface area contributed by atoms with E-state index in [4.69, 9.17) is 9.47 Å². The van der Waals surface area contributed by atoms with E-state index in [1.807, 2.05) is 0 Å². The number of amides is 1. The highest BCUT2D eigenvalue weighted by Gasteiger charge is 2.22. The molecule has 0 aromatic heterocycles. The molecule has 1 saturated heterocycles. The van der Waals surface area contributed by atoms with Crippen LogP contribution in [0.3, 0.4) is 0 Å².